The molecule has 7 atom stereocenters. The van der Waals surface area contributed by atoms with Gasteiger partial charge in [0, 0.05) is 6.42 Å². The van der Waals surface area contributed by atoms with E-state index in [-0.39, 0.29) is 23.2 Å². The molecule has 1 aliphatic heterocycles. The Morgan fingerprint density at radius 1 is 1.40 bits per heavy atom. The summed E-state index contributed by atoms with van der Waals surface area (Å²) in [5, 5.41) is 21.4. The maximum absolute atomic E-state index is 12.5. The molecule has 0 aliphatic carbocycles. The summed E-state index contributed by atoms with van der Waals surface area (Å²) in [6.45, 7) is 7.57. The van der Waals surface area contributed by atoms with E-state index in [1.165, 1.54) is 10.9 Å². The molecule has 1 saturated heterocycles. The van der Waals surface area contributed by atoms with Gasteiger partial charge < -0.3 is 20.7 Å². The van der Waals surface area contributed by atoms with Gasteiger partial charge in [-0.05, 0) is 31.3 Å². The molecule has 3 rings (SSSR count). The number of rotatable bonds is 8. The summed E-state index contributed by atoms with van der Waals surface area (Å²) in [5.74, 6) is -0.0420. The van der Waals surface area contributed by atoms with E-state index in [0.29, 0.717) is 17.6 Å². The number of fused-ring (bicyclic) bond motifs is 1. The highest BCUT2D eigenvalue weighted by Gasteiger charge is 2.49. The third-order valence-electron chi connectivity index (χ3n) is 5.65. The monoisotopic (exact) mass is 460 g/mol. The van der Waals surface area contributed by atoms with Crippen molar-refractivity contribution in [1.29, 1.82) is 0 Å². The molecule has 0 radical (unpaired) electrons. The summed E-state index contributed by atoms with van der Waals surface area (Å²) >= 11 is 6.06. The number of ether oxygens (including phenoxy) is 1. The fraction of sp³-hybridized carbons (Fsp3) is 0.722. The summed E-state index contributed by atoms with van der Waals surface area (Å²) in [7, 11) is -1.87. The highest BCUT2D eigenvalue weighted by atomic mass is 35.5. The molecule has 4 N–H and O–H groups in total. The topological polar surface area (TPSA) is 146 Å². The lowest BCUT2D eigenvalue weighted by Crippen LogP contribution is -2.38. The smallest absolute Gasteiger partial charge is 0.388 e. The lowest BCUT2D eigenvalue weighted by Gasteiger charge is -2.27. The lowest BCUT2D eigenvalue weighted by molar-refractivity contribution is -0.0621. The second kappa shape index (κ2) is 8.98. The van der Waals surface area contributed by atoms with Gasteiger partial charge in [0.05, 0.1) is 12.4 Å². The predicted octanol–water partition coefficient (Wildman–Crippen LogP) is 2.80. The average molecular weight is 461 g/mol. The number of aromatic nitrogens is 4. The number of hydrogen-bond acceptors (Lipinski definition) is 9. The van der Waals surface area contributed by atoms with Crippen molar-refractivity contribution in [3.05, 3.63) is 11.5 Å². The zero-order valence-corrected chi connectivity index (χ0v) is 19.0. The lowest BCUT2D eigenvalue weighted by atomic mass is 9.93. The standard InChI is InChI=1S/C18H28ClN5O5P/c1-5-9(3)30(27)29-18(4,6-2)7-10-12(25)13(26)16(28-10)24-8-21-11-14(19)22-17(20)23-15(11)24/h8-10,12-13,16,25-26H,5-7H2,1-4H3,(H2,20,22,23)/q+1/t9?,10-,12-,13-,16?,18-/m1/s1. The first-order valence-electron chi connectivity index (χ1n) is 9.92. The maximum Gasteiger partial charge on any atom is 0.511 e. The van der Waals surface area contributed by atoms with E-state index >= 15 is 0 Å². The van der Waals surface area contributed by atoms with Crippen molar-refractivity contribution in [2.75, 3.05) is 5.73 Å². The number of aliphatic hydroxyl groups is 2. The summed E-state index contributed by atoms with van der Waals surface area (Å²) in [5.41, 5.74) is 5.42. The second-order valence-electron chi connectivity index (χ2n) is 7.88. The first-order valence-corrected chi connectivity index (χ1v) is 11.5. The molecule has 0 spiro atoms. The number of hydrogen-bond donors (Lipinski definition) is 3. The van der Waals surface area contributed by atoms with Crippen LogP contribution in [0, 0.1) is 0 Å². The van der Waals surface area contributed by atoms with Gasteiger partial charge in [-0.15, -0.1) is 4.52 Å². The van der Waals surface area contributed by atoms with Crippen molar-refractivity contribution in [2.24, 2.45) is 0 Å². The van der Waals surface area contributed by atoms with Crippen molar-refractivity contribution in [3.63, 3.8) is 0 Å². The highest BCUT2D eigenvalue weighted by Crippen LogP contribution is 2.43. The molecule has 10 nitrogen and oxygen atoms in total. The van der Waals surface area contributed by atoms with E-state index in [2.05, 4.69) is 15.0 Å². The Morgan fingerprint density at radius 2 is 2.10 bits per heavy atom. The molecule has 166 valence electrons. The van der Waals surface area contributed by atoms with Crippen LogP contribution in [-0.4, -0.2) is 59.3 Å². The Morgan fingerprint density at radius 3 is 2.73 bits per heavy atom. The Bertz CT molecular complexity index is 930. The largest absolute Gasteiger partial charge is 0.511 e. The summed E-state index contributed by atoms with van der Waals surface area (Å²) in [6.07, 6.45) is -1.18. The van der Waals surface area contributed by atoms with Gasteiger partial charge in [-0.25, -0.2) is 4.98 Å². The van der Waals surface area contributed by atoms with Crippen LogP contribution in [0.4, 0.5) is 5.95 Å². The minimum absolute atomic E-state index is 0.0420. The zero-order valence-electron chi connectivity index (χ0n) is 17.4. The molecule has 0 saturated carbocycles. The molecular formula is C18H28ClN5O5P+. The Labute approximate surface area is 180 Å². The van der Waals surface area contributed by atoms with E-state index in [1.807, 2.05) is 27.7 Å². The van der Waals surface area contributed by atoms with E-state index in [4.69, 9.17) is 26.6 Å². The molecule has 0 amide bonds. The molecule has 12 heteroatoms. The number of halogens is 1. The van der Waals surface area contributed by atoms with Gasteiger partial charge in [-0.3, -0.25) is 4.57 Å². The fourth-order valence-corrected chi connectivity index (χ4v) is 4.68. The first-order chi connectivity index (χ1) is 14.1. The molecule has 30 heavy (non-hydrogen) atoms. The first kappa shape index (κ1) is 23.2. The highest BCUT2D eigenvalue weighted by molar-refractivity contribution is 7.40. The van der Waals surface area contributed by atoms with E-state index < -0.39 is 38.2 Å². The number of nitrogens with zero attached hydrogens (tertiary/aromatic N) is 4. The molecule has 1 fully saturated rings. The van der Waals surface area contributed by atoms with Crippen LogP contribution in [0.1, 0.15) is 53.2 Å². The van der Waals surface area contributed by atoms with Gasteiger partial charge in [0.15, 0.2) is 22.7 Å². The Hall–Kier alpha value is -1.42. The summed E-state index contributed by atoms with van der Waals surface area (Å²) in [6, 6.07) is 0. The van der Waals surface area contributed by atoms with Crippen LogP contribution in [-0.2, 0) is 13.8 Å². The van der Waals surface area contributed by atoms with E-state index in [9.17, 15) is 14.8 Å². The van der Waals surface area contributed by atoms with E-state index in [0.717, 1.165) is 6.42 Å². The fourth-order valence-electron chi connectivity index (χ4n) is 3.34. The maximum atomic E-state index is 12.5. The number of nitrogen functional groups attached to an aromatic ring is 1. The van der Waals surface area contributed by atoms with Crippen molar-refractivity contribution >= 4 is 36.7 Å². The molecule has 1 aliphatic rings. The van der Waals surface area contributed by atoms with Crippen LogP contribution in [0.15, 0.2) is 6.33 Å². The van der Waals surface area contributed by atoms with Crippen molar-refractivity contribution in [1.82, 2.24) is 19.5 Å². The van der Waals surface area contributed by atoms with Crippen LogP contribution in [0.25, 0.3) is 11.2 Å². The van der Waals surface area contributed by atoms with Crippen molar-refractivity contribution < 1.29 is 24.0 Å². The Balaban J connectivity index is 1.82. The van der Waals surface area contributed by atoms with Crippen molar-refractivity contribution in [3.8, 4) is 0 Å². The van der Waals surface area contributed by atoms with E-state index in [1.54, 1.807) is 0 Å². The van der Waals surface area contributed by atoms with Gasteiger partial charge in [0.2, 0.25) is 5.95 Å². The zero-order chi connectivity index (χ0) is 22.2. The third-order valence-corrected chi connectivity index (χ3v) is 7.62. The summed E-state index contributed by atoms with van der Waals surface area (Å²) in [4.78, 5) is 12.2. The molecule has 2 aromatic rings. The summed E-state index contributed by atoms with van der Waals surface area (Å²) < 4.78 is 25.8. The predicted molar refractivity (Wildman–Crippen MR) is 112 cm³/mol. The molecule has 0 bridgehead atoms. The molecular weight excluding hydrogens is 433 g/mol. The van der Waals surface area contributed by atoms with Crippen LogP contribution in [0.2, 0.25) is 5.15 Å². The van der Waals surface area contributed by atoms with Gasteiger partial charge in [0.25, 0.3) is 0 Å². The molecule has 0 aromatic carbocycles. The molecule has 2 aromatic heterocycles. The van der Waals surface area contributed by atoms with Gasteiger partial charge in [-0.1, -0.05) is 25.4 Å². The number of imidazole rings is 1. The number of aliphatic hydroxyl groups excluding tert-OH is 2. The number of nitrogens with two attached hydrogens (primary N) is 1. The number of anilines is 1. The van der Waals surface area contributed by atoms with Gasteiger partial charge in [0.1, 0.15) is 23.3 Å². The second-order valence-corrected chi connectivity index (χ2v) is 9.88. The minimum Gasteiger partial charge on any atom is -0.388 e. The van der Waals surface area contributed by atoms with Crippen LogP contribution in [0.5, 0.6) is 0 Å². The third kappa shape index (κ3) is 4.44. The minimum atomic E-state index is -1.87. The average Bonchev–Trinajstić information content (AvgIpc) is 3.23. The van der Waals surface area contributed by atoms with Gasteiger partial charge in [-0.2, -0.15) is 9.97 Å². The van der Waals surface area contributed by atoms with Crippen LogP contribution < -0.4 is 5.73 Å². The normalized spacial score (nSPS) is 27.9. The molecule has 3 heterocycles. The molecule has 3 unspecified atom stereocenters. The van der Waals surface area contributed by atoms with Crippen LogP contribution >= 0.6 is 19.6 Å². The Kier molecular flexibility index (Phi) is 6.96. The quantitative estimate of drug-likeness (QED) is 0.399. The van der Waals surface area contributed by atoms with Crippen LogP contribution in [0.3, 0.4) is 0 Å². The van der Waals surface area contributed by atoms with Gasteiger partial charge >= 0.3 is 8.03 Å². The van der Waals surface area contributed by atoms with Crippen molar-refractivity contribution in [2.45, 2.75) is 82.8 Å². The SMILES string of the molecule is CCC(C)[P+](=O)O[C@](C)(CC)C[C@H]1OC(n2cnc3c(Cl)nc(N)nc32)[C@H](O)[C@@H]1O.